The molecule has 0 spiro atoms. The second-order valence-corrected chi connectivity index (χ2v) is 7.32. The van der Waals surface area contributed by atoms with Crippen molar-refractivity contribution < 1.29 is 31.2 Å². The minimum atomic E-state index is -4.69. The van der Waals surface area contributed by atoms with Gasteiger partial charge in [-0.3, -0.25) is 9.59 Å². The van der Waals surface area contributed by atoms with Crippen molar-refractivity contribution in [3.05, 3.63) is 59.7 Å². The normalized spacial score (nSPS) is 11.7. The van der Waals surface area contributed by atoms with Crippen LogP contribution in [0.3, 0.4) is 0 Å². The molecule has 0 atom stereocenters. The van der Waals surface area contributed by atoms with Gasteiger partial charge in [0, 0.05) is 18.3 Å². The lowest BCUT2D eigenvalue weighted by Crippen LogP contribution is -2.33. The van der Waals surface area contributed by atoms with Gasteiger partial charge in [-0.1, -0.05) is 6.07 Å². The minimum Gasteiger partial charge on any atom is -0.355 e. The lowest BCUT2D eigenvalue weighted by Gasteiger charge is -2.11. The monoisotopic (exact) mass is 415 g/mol. The number of anilines is 1. The van der Waals surface area contributed by atoms with Crippen molar-refractivity contribution in [1.29, 1.82) is 0 Å². The number of alkyl halides is 3. The van der Waals surface area contributed by atoms with Crippen molar-refractivity contribution in [2.75, 3.05) is 18.9 Å². The zero-order chi connectivity index (χ0) is 20.9. The van der Waals surface area contributed by atoms with E-state index in [1.54, 1.807) is 0 Å². The van der Waals surface area contributed by atoms with Gasteiger partial charge >= 0.3 is 6.18 Å². The Bertz CT molecular complexity index is 974. The molecule has 0 bridgehead atoms. The van der Waals surface area contributed by atoms with Gasteiger partial charge in [0.15, 0.2) is 0 Å². The number of hydrogen-bond acceptors (Lipinski definition) is 4. The summed E-state index contributed by atoms with van der Waals surface area (Å²) in [5.74, 6) is -1.05. The number of rotatable bonds is 6. The number of sulfonamides is 1. The van der Waals surface area contributed by atoms with E-state index in [9.17, 15) is 31.2 Å². The largest absolute Gasteiger partial charge is 0.416 e. The fraction of sp³-hybridized carbons (Fsp3) is 0.176. The van der Waals surface area contributed by atoms with Gasteiger partial charge in [0.2, 0.25) is 15.9 Å². The van der Waals surface area contributed by atoms with E-state index < -0.39 is 39.1 Å². The third-order valence-corrected chi connectivity index (χ3v) is 4.95. The summed E-state index contributed by atoms with van der Waals surface area (Å²) in [5.41, 5.74) is -0.433. The van der Waals surface area contributed by atoms with Gasteiger partial charge in [-0.25, -0.2) is 13.1 Å². The van der Waals surface area contributed by atoms with Crippen LogP contribution in [0.2, 0.25) is 0 Å². The molecule has 0 saturated carbocycles. The Balaban J connectivity index is 2.01. The quantitative estimate of drug-likeness (QED) is 0.671. The molecule has 0 unspecified atom stereocenters. The first-order valence-corrected chi connectivity index (χ1v) is 9.30. The Morgan fingerprint density at radius 1 is 1.04 bits per heavy atom. The maximum absolute atomic E-state index is 12.7. The van der Waals surface area contributed by atoms with E-state index in [-0.39, 0.29) is 5.91 Å². The van der Waals surface area contributed by atoms with Gasteiger partial charge in [0.25, 0.3) is 5.91 Å². The molecular weight excluding hydrogens is 399 g/mol. The number of halogens is 3. The third kappa shape index (κ3) is 5.54. The molecule has 0 heterocycles. The molecule has 2 aromatic rings. The van der Waals surface area contributed by atoms with Crippen LogP contribution >= 0.6 is 0 Å². The van der Waals surface area contributed by atoms with Gasteiger partial charge < -0.3 is 10.6 Å². The summed E-state index contributed by atoms with van der Waals surface area (Å²) < 4.78 is 64.3. The Morgan fingerprint density at radius 3 is 2.25 bits per heavy atom. The van der Waals surface area contributed by atoms with Crippen molar-refractivity contribution in [2.24, 2.45) is 0 Å². The third-order valence-electron chi connectivity index (χ3n) is 3.55. The summed E-state index contributed by atoms with van der Waals surface area (Å²) >= 11 is 0. The van der Waals surface area contributed by atoms with Gasteiger partial charge in [0.05, 0.1) is 17.0 Å². The van der Waals surface area contributed by atoms with Crippen LogP contribution in [0.25, 0.3) is 0 Å². The van der Waals surface area contributed by atoms with E-state index in [1.807, 2.05) is 4.72 Å². The fourth-order valence-electron chi connectivity index (χ4n) is 2.14. The first-order chi connectivity index (χ1) is 13.0. The Hall–Kier alpha value is -2.92. The van der Waals surface area contributed by atoms with E-state index in [2.05, 4.69) is 10.6 Å². The highest BCUT2D eigenvalue weighted by molar-refractivity contribution is 7.89. The van der Waals surface area contributed by atoms with Gasteiger partial charge in [-0.15, -0.1) is 0 Å². The topological polar surface area (TPSA) is 104 Å². The van der Waals surface area contributed by atoms with E-state index in [1.165, 1.54) is 31.3 Å². The molecule has 0 radical (unpaired) electrons. The van der Waals surface area contributed by atoms with Crippen LogP contribution in [0, 0.1) is 0 Å². The van der Waals surface area contributed by atoms with Crippen LogP contribution in [-0.2, 0) is 21.0 Å². The average molecular weight is 415 g/mol. The summed E-state index contributed by atoms with van der Waals surface area (Å²) in [6.45, 7) is -0.685. The second kappa shape index (κ2) is 8.40. The Kier molecular flexibility index (Phi) is 6.41. The van der Waals surface area contributed by atoms with Gasteiger partial charge in [-0.05, 0) is 42.5 Å². The van der Waals surface area contributed by atoms with E-state index >= 15 is 0 Å². The molecule has 2 amide bonds. The molecule has 0 aromatic heterocycles. The lowest BCUT2D eigenvalue weighted by atomic mass is 10.2. The summed E-state index contributed by atoms with van der Waals surface area (Å²) in [7, 11) is -2.85. The Labute approximate surface area is 159 Å². The number of benzene rings is 2. The van der Waals surface area contributed by atoms with E-state index in [0.717, 1.165) is 18.2 Å². The summed E-state index contributed by atoms with van der Waals surface area (Å²) in [4.78, 5) is 22.7. The number of carbonyl (C=O) groups excluding carboxylic acids is 2. The molecule has 2 rings (SSSR count). The number of amides is 2. The van der Waals surface area contributed by atoms with Crippen molar-refractivity contribution in [2.45, 2.75) is 11.1 Å². The fourth-order valence-corrected chi connectivity index (χ4v) is 3.17. The molecule has 7 nitrogen and oxygen atoms in total. The minimum absolute atomic E-state index is 0.313. The standard InChI is InChI=1S/C17H16F3N3O4S/c1-21-16(25)11-5-7-13(8-6-11)23-15(24)10-22-28(26,27)14-4-2-3-12(9-14)17(18,19)20/h2-9,22H,10H2,1H3,(H,21,25)(H,23,24). The van der Waals surface area contributed by atoms with Gasteiger partial charge in [-0.2, -0.15) is 13.2 Å². The van der Waals surface area contributed by atoms with Crippen molar-refractivity contribution >= 4 is 27.5 Å². The molecular formula is C17H16F3N3O4S. The highest BCUT2D eigenvalue weighted by Crippen LogP contribution is 2.30. The molecule has 0 aliphatic heterocycles. The smallest absolute Gasteiger partial charge is 0.355 e. The van der Waals surface area contributed by atoms with Crippen molar-refractivity contribution in [1.82, 2.24) is 10.0 Å². The van der Waals surface area contributed by atoms with E-state index in [4.69, 9.17) is 0 Å². The summed E-state index contributed by atoms with van der Waals surface area (Å²) in [6.07, 6.45) is -4.69. The van der Waals surface area contributed by atoms with Crippen LogP contribution in [0.5, 0.6) is 0 Å². The molecule has 2 aromatic carbocycles. The zero-order valence-electron chi connectivity index (χ0n) is 14.5. The number of nitrogens with one attached hydrogen (secondary N) is 3. The molecule has 0 fully saturated rings. The molecule has 0 aliphatic rings. The van der Waals surface area contributed by atoms with Crippen LogP contribution < -0.4 is 15.4 Å². The summed E-state index contributed by atoms with van der Waals surface area (Å²) in [5, 5.41) is 4.84. The van der Waals surface area contributed by atoms with Crippen molar-refractivity contribution in [3.8, 4) is 0 Å². The van der Waals surface area contributed by atoms with Crippen LogP contribution in [-0.4, -0.2) is 33.8 Å². The van der Waals surface area contributed by atoms with Crippen molar-refractivity contribution in [3.63, 3.8) is 0 Å². The van der Waals surface area contributed by atoms with E-state index in [0.29, 0.717) is 17.3 Å². The molecule has 28 heavy (non-hydrogen) atoms. The second-order valence-electron chi connectivity index (χ2n) is 5.55. The first-order valence-electron chi connectivity index (χ1n) is 7.82. The number of carbonyl (C=O) groups is 2. The maximum Gasteiger partial charge on any atom is 0.416 e. The Morgan fingerprint density at radius 2 is 1.68 bits per heavy atom. The predicted molar refractivity (Wildman–Crippen MR) is 95.1 cm³/mol. The first kappa shape index (κ1) is 21.4. The average Bonchev–Trinajstić information content (AvgIpc) is 2.66. The maximum atomic E-state index is 12.7. The highest BCUT2D eigenvalue weighted by Gasteiger charge is 2.31. The van der Waals surface area contributed by atoms with Crippen LogP contribution in [0.15, 0.2) is 53.4 Å². The molecule has 11 heteroatoms. The van der Waals surface area contributed by atoms with Crippen LogP contribution in [0.4, 0.5) is 18.9 Å². The molecule has 0 aliphatic carbocycles. The SMILES string of the molecule is CNC(=O)c1ccc(NC(=O)CNS(=O)(=O)c2cccc(C(F)(F)F)c2)cc1. The lowest BCUT2D eigenvalue weighted by molar-refractivity contribution is -0.137. The molecule has 0 saturated heterocycles. The highest BCUT2D eigenvalue weighted by atomic mass is 32.2. The summed E-state index contributed by atoms with van der Waals surface area (Å²) in [6, 6.07) is 9.00. The predicted octanol–water partition coefficient (Wildman–Crippen LogP) is 1.98. The van der Waals surface area contributed by atoms with Gasteiger partial charge in [0.1, 0.15) is 0 Å². The zero-order valence-corrected chi connectivity index (χ0v) is 15.3. The molecule has 150 valence electrons. The number of hydrogen-bond donors (Lipinski definition) is 3. The van der Waals surface area contributed by atoms with Crippen LogP contribution in [0.1, 0.15) is 15.9 Å². The molecule has 3 N–H and O–H groups in total.